The molecule has 0 spiro atoms. The zero-order valence-corrected chi connectivity index (χ0v) is 16.2. The summed E-state index contributed by atoms with van der Waals surface area (Å²) in [5.74, 6) is 0. The van der Waals surface area contributed by atoms with Crippen LogP contribution in [0.25, 0.3) is 0 Å². The predicted molar refractivity (Wildman–Crippen MR) is 110 cm³/mol. The van der Waals surface area contributed by atoms with Gasteiger partial charge in [-0.2, -0.15) is 0 Å². The minimum atomic E-state index is 0.0791. The molecule has 0 heterocycles. The topological polar surface area (TPSA) is 17.1 Å². The molecular formula is C22H33OP. The Labute approximate surface area is 150 Å². The summed E-state index contributed by atoms with van der Waals surface area (Å²) in [6, 6.07) is 0. The summed E-state index contributed by atoms with van der Waals surface area (Å²) in [4.78, 5) is 0. The standard InChI is InChI=1S/C22H33OP/c1-3-5-7-9-10-11-12-13-14-15-16-17-19-21-22(24-23)20-18-8-6-4-2/h6-9,11-12,14-15,17-20,22H,3-5,10,13,16,21H2,1-2H3/b8-6-,9-7-,12-11-,15-14-,19-17-,20-18+. The van der Waals surface area contributed by atoms with Gasteiger partial charge >= 0.3 is 0 Å². The number of unbranched alkanes of at least 4 members (excludes halogenated alkanes) is 1. The second kappa shape index (κ2) is 19.6. The lowest BCUT2D eigenvalue weighted by atomic mass is 10.2. The van der Waals surface area contributed by atoms with Gasteiger partial charge in [0.2, 0.25) is 0 Å². The van der Waals surface area contributed by atoms with Gasteiger partial charge in [-0.25, -0.2) is 0 Å². The van der Waals surface area contributed by atoms with E-state index >= 15 is 0 Å². The second-order valence-corrected chi connectivity index (χ2v) is 6.39. The molecule has 0 saturated carbocycles. The Hall–Kier alpha value is -1.46. The first-order valence-corrected chi connectivity index (χ1v) is 9.99. The molecule has 0 radical (unpaired) electrons. The van der Waals surface area contributed by atoms with Crippen molar-refractivity contribution >= 4 is 8.46 Å². The molecule has 0 aliphatic carbocycles. The summed E-state index contributed by atoms with van der Waals surface area (Å²) >= 11 is 0. The molecular weight excluding hydrogens is 311 g/mol. The second-order valence-electron chi connectivity index (χ2n) is 5.51. The highest BCUT2D eigenvalue weighted by atomic mass is 31.1. The first-order valence-electron chi connectivity index (χ1n) is 9.10. The van der Waals surface area contributed by atoms with Crippen molar-refractivity contribution in [2.24, 2.45) is 0 Å². The Bertz CT molecular complexity index is 453. The van der Waals surface area contributed by atoms with E-state index in [1.54, 1.807) is 0 Å². The summed E-state index contributed by atoms with van der Waals surface area (Å²) in [6.45, 7) is 4.30. The first kappa shape index (κ1) is 22.5. The van der Waals surface area contributed by atoms with Crippen molar-refractivity contribution in [2.75, 3.05) is 0 Å². The van der Waals surface area contributed by atoms with E-state index in [-0.39, 0.29) is 14.1 Å². The highest BCUT2D eigenvalue weighted by Crippen LogP contribution is 2.13. The predicted octanol–water partition coefficient (Wildman–Crippen LogP) is 7.75. The van der Waals surface area contributed by atoms with Gasteiger partial charge in [-0.3, -0.25) is 4.57 Å². The maximum Gasteiger partial charge on any atom is 0.163 e. The van der Waals surface area contributed by atoms with Crippen molar-refractivity contribution in [1.82, 2.24) is 0 Å². The zero-order chi connectivity index (χ0) is 17.7. The summed E-state index contributed by atoms with van der Waals surface area (Å²) < 4.78 is 11.1. The normalized spacial score (nSPS) is 14.8. The van der Waals surface area contributed by atoms with E-state index < -0.39 is 0 Å². The summed E-state index contributed by atoms with van der Waals surface area (Å²) in [6.07, 6.45) is 32.8. The fourth-order valence-electron chi connectivity index (χ4n) is 1.90. The van der Waals surface area contributed by atoms with Crippen LogP contribution in [0.3, 0.4) is 0 Å². The molecule has 0 aromatic carbocycles. The van der Waals surface area contributed by atoms with Crippen molar-refractivity contribution in [3.8, 4) is 0 Å². The molecule has 1 nitrogen and oxygen atoms in total. The molecule has 1 unspecified atom stereocenters. The molecule has 0 amide bonds. The molecule has 132 valence electrons. The third-order valence-corrected chi connectivity index (χ3v) is 3.92. The monoisotopic (exact) mass is 344 g/mol. The fraction of sp³-hybridized carbons (Fsp3) is 0.455. The highest BCUT2D eigenvalue weighted by molar-refractivity contribution is 7.25. The maximum absolute atomic E-state index is 11.1. The van der Waals surface area contributed by atoms with Crippen molar-refractivity contribution in [1.29, 1.82) is 0 Å². The Morgan fingerprint density at radius 2 is 1.33 bits per heavy atom. The molecule has 0 saturated heterocycles. The van der Waals surface area contributed by atoms with Crippen LogP contribution in [0.4, 0.5) is 0 Å². The molecule has 2 heteroatoms. The quantitative estimate of drug-likeness (QED) is 0.179. The molecule has 0 N–H and O–H groups in total. The van der Waals surface area contributed by atoms with Crippen LogP contribution in [0.15, 0.2) is 72.9 Å². The molecule has 0 bridgehead atoms. The van der Waals surface area contributed by atoms with E-state index in [0.717, 1.165) is 32.1 Å². The Balaban J connectivity index is 3.79. The van der Waals surface area contributed by atoms with Gasteiger partial charge in [0.15, 0.2) is 8.46 Å². The number of rotatable bonds is 14. The van der Waals surface area contributed by atoms with Crippen molar-refractivity contribution in [3.63, 3.8) is 0 Å². The van der Waals surface area contributed by atoms with E-state index in [0.29, 0.717) is 0 Å². The van der Waals surface area contributed by atoms with Crippen LogP contribution in [-0.2, 0) is 4.57 Å². The Morgan fingerprint density at radius 1 is 0.750 bits per heavy atom. The number of allylic oxidation sites excluding steroid dienone is 12. The lowest BCUT2D eigenvalue weighted by Crippen LogP contribution is -1.89. The van der Waals surface area contributed by atoms with Gasteiger partial charge in [0, 0.05) is 0 Å². The molecule has 0 rings (SSSR count). The van der Waals surface area contributed by atoms with Gasteiger partial charge in [-0.05, 0) is 38.5 Å². The van der Waals surface area contributed by atoms with Gasteiger partial charge in [-0.1, -0.05) is 93.2 Å². The molecule has 0 fully saturated rings. The maximum atomic E-state index is 11.1. The van der Waals surface area contributed by atoms with Crippen LogP contribution in [0.2, 0.25) is 0 Å². The Kier molecular flexibility index (Phi) is 18.4. The minimum absolute atomic E-state index is 0.0791. The van der Waals surface area contributed by atoms with Gasteiger partial charge in [-0.15, -0.1) is 0 Å². The smallest absolute Gasteiger partial charge is 0.163 e. The van der Waals surface area contributed by atoms with Gasteiger partial charge in [0.25, 0.3) is 0 Å². The largest absolute Gasteiger partial charge is 0.274 e. The average Bonchev–Trinajstić information content (AvgIpc) is 2.60. The summed E-state index contributed by atoms with van der Waals surface area (Å²) in [7, 11) is 0.188. The molecule has 0 aliphatic rings. The van der Waals surface area contributed by atoms with Crippen LogP contribution >= 0.6 is 8.46 Å². The van der Waals surface area contributed by atoms with E-state index in [2.05, 4.69) is 68.5 Å². The SMILES string of the molecule is CC/C=C\C=C\C(C/C=C\C/C=C\C/C=C\C/C=C\CCC)P=O. The summed E-state index contributed by atoms with van der Waals surface area (Å²) in [5.41, 5.74) is 0.0791. The first-order chi connectivity index (χ1) is 11.8. The van der Waals surface area contributed by atoms with Crippen LogP contribution in [-0.4, -0.2) is 5.66 Å². The molecule has 1 atom stereocenters. The van der Waals surface area contributed by atoms with E-state index in [1.807, 2.05) is 18.2 Å². The molecule has 0 aliphatic heterocycles. The van der Waals surface area contributed by atoms with Crippen molar-refractivity contribution in [2.45, 2.75) is 64.5 Å². The van der Waals surface area contributed by atoms with Crippen LogP contribution in [0.5, 0.6) is 0 Å². The molecule has 24 heavy (non-hydrogen) atoms. The average molecular weight is 344 g/mol. The lowest BCUT2D eigenvalue weighted by molar-refractivity contribution is 0.595. The van der Waals surface area contributed by atoms with Crippen LogP contribution in [0, 0.1) is 0 Å². The third kappa shape index (κ3) is 16.9. The van der Waals surface area contributed by atoms with Crippen LogP contribution < -0.4 is 0 Å². The van der Waals surface area contributed by atoms with E-state index in [9.17, 15) is 4.57 Å². The van der Waals surface area contributed by atoms with Crippen LogP contribution in [0.1, 0.15) is 58.8 Å². The highest BCUT2D eigenvalue weighted by Gasteiger charge is 1.99. The number of hydrogen-bond donors (Lipinski definition) is 0. The van der Waals surface area contributed by atoms with Gasteiger partial charge in [0.1, 0.15) is 0 Å². The lowest BCUT2D eigenvalue weighted by Gasteiger charge is -1.96. The van der Waals surface area contributed by atoms with E-state index in [4.69, 9.17) is 0 Å². The number of hydrogen-bond acceptors (Lipinski definition) is 1. The van der Waals surface area contributed by atoms with Crippen molar-refractivity contribution < 1.29 is 4.57 Å². The third-order valence-electron chi connectivity index (χ3n) is 3.27. The Morgan fingerprint density at radius 3 is 1.88 bits per heavy atom. The van der Waals surface area contributed by atoms with Crippen molar-refractivity contribution in [3.05, 3.63) is 72.9 Å². The summed E-state index contributed by atoms with van der Waals surface area (Å²) in [5, 5.41) is 0. The van der Waals surface area contributed by atoms with Gasteiger partial charge in [0.05, 0.1) is 5.66 Å². The minimum Gasteiger partial charge on any atom is -0.274 e. The molecule has 0 aromatic heterocycles. The van der Waals surface area contributed by atoms with E-state index in [1.165, 1.54) is 12.8 Å². The molecule has 0 aromatic rings. The zero-order valence-electron chi connectivity index (χ0n) is 15.3. The fourth-order valence-corrected chi connectivity index (χ4v) is 2.27. The van der Waals surface area contributed by atoms with Gasteiger partial charge < -0.3 is 0 Å².